The monoisotopic (exact) mass is 445 g/mol. The van der Waals surface area contributed by atoms with Gasteiger partial charge >= 0.3 is 0 Å². The van der Waals surface area contributed by atoms with Crippen LogP contribution in [0.15, 0.2) is 30.3 Å². The average molecular weight is 446 g/mol. The van der Waals surface area contributed by atoms with Crippen molar-refractivity contribution in [3.05, 3.63) is 52.6 Å². The summed E-state index contributed by atoms with van der Waals surface area (Å²) in [6.45, 7) is 9.93. The lowest BCUT2D eigenvalue weighted by molar-refractivity contribution is 0.477. The molecule has 2 bridgehead atoms. The van der Waals surface area contributed by atoms with E-state index in [-0.39, 0.29) is 0 Å². The van der Waals surface area contributed by atoms with Gasteiger partial charge < -0.3 is 0 Å². The Morgan fingerprint density at radius 1 is 0.750 bits per heavy atom. The van der Waals surface area contributed by atoms with E-state index in [0.29, 0.717) is 11.8 Å². The van der Waals surface area contributed by atoms with Crippen molar-refractivity contribution >= 4 is 12.6 Å². The lowest BCUT2D eigenvalue weighted by Crippen LogP contribution is -2.40. The average Bonchev–Trinajstić information content (AvgIpc) is 2.84. The summed E-state index contributed by atoms with van der Waals surface area (Å²) >= 11 is 0. The quantitative estimate of drug-likeness (QED) is 0.413. The molecular weight excluding hydrogens is 403 g/mol. The Hall–Kier alpha value is -1.13. The van der Waals surface area contributed by atoms with Gasteiger partial charge in [0.2, 0.25) is 0 Å². The normalized spacial score (nSPS) is 27.0. The summed E-state index contributed by atoms with van der Waals surface area (Å²) in [5, 5.41) is 1.87. The van der Waals surface area contributed by atoms with Crippen LogP contribution in [-0.4, -0.2) is 11.3 Å². The molecular formula is C31H42P+. The maximum absolute atomic E-state index is 2.70. The molecule has 0 nitrogen and oxygen atoms in total. The number of fused-ring (bicyclic) bond motifs is 1. The summed E-state index contributed by atoms with van der Waals surface area (Å²) < 4.78 is 0. The van der Waals surface area contributed by atoms with Crippen LogP contribution in [0, 0.1) is 0 Å². The minimum atomic E-state index is -1.32. The maximum atomic E-state index is 2.70. The third-order valence-corrected chi connectivity index (χ3v) is 16.2. The molecule has 170 valence electrons. The molecule has 2 aromatic rings. The highest BCUT2D eigenvalue weighted by molar-refractivity contribution is 7.84. The zero-order chi connectivity index (χ0) is 22.0. The Balaban J connectivity index is 1.65. The van der Waals surface area contributed by atoms with Gasteiger partial charge in [0, 0.05) is 17.0 Å². The summed E-state index contributed by atoms with van der Waals surface area (Å²) in [7, 11) is -1.32. The predicted octanol–water partition coefficient (Wildman–Crippen LogP) is 9.33. The van der Waals surface area contributed by atoms with Gasteiger partial charge in [-0.1, -0.05) is 51.8 Å². The van der Waals surface area contributed by atoms with Gasteiger partial charge in [-0.05, 0) is 98.6 Å². The molecule has 2 aromatic carbocycles. The highest BCUT2D eigenvalue weighted by Crippen LogP contribution is 2.82. The van der Waals surface area contributed by atoms with E-state index in [1.54, 1.807) is 33.4 Å². The largest absolute Gasteiger partial charge is 0.103 e. The maximum Gasteiger partial charge on any atom is 0.103 e. The van der Waals surface area contributed by atoms with Crippen LogP contribution in [0.3, 0.4) is 0 Å². The van der Waals surface area contributed by atoms with E-state index in [2.05, 4.69) is 58.0 Å². The molecule has 0 radical (unpaired) electrons. The predicted molar refractivity (Wildman–Crippen MR) is 142 cm³/mol. The molecule has 2 fully saturated rings. The Labute approximate surface area is 196 Å². The van der Waals surface area contributed by atoms with Crippen LogP contribution in [0.5, 0.6) is 0 Å². The third-order valence-electron chi connectivity index (χ3n) is 10.0. The number of hydrogen-bond acceptors (Lipinski definition) is 0. The lowest BCUT2D eigenvalue weighted by Gasteiger charge is -2.51. The Bertz CT molecular complexity index is 1000. The molecule has 1 heterocycles. The van der Waals surface area contributed by atoms with Crippen molar-refractivity contribution in [1.82, 2.24) is 0 Å². The van der Waals surface area contributed by atoms with Gasteiger partial charge in [-0.25, -0.2) is 0 Å². The highest BCUT2D eigenvalue weighted by Gasteiger charge is 2.61. The first-order chi connectivity index (χ1) is 15.5. The first kappa shape index (κ1) is 21.4. The van der Waals surface area contributed by atoms with Gasteiger partial charge in [-0.2, -0.15) is 0 Å². The molecule has 1 aliphatic heterocycles. The van der Waals surface area contributed by atoms with Crippen molar-refractivity contribution in [1.29, 1.82) is 0 Å². The van der Waals surface area contributed by atoms with Crippen LogP contribution in [-0.2, 0) is 0 Å². The number of hydrogen-bond donors (Lipinski definition) is 0. The standard InChI is InChI=1S/C31H42P/c1-20(2)24-18-27-21(3)23-15-16-30-29(17-23)31(27)28(19-24)22(4)32(30,25-11-7-5-8-12-25)26-13-9-6-10-14-26/h15-22,25-26H,5-14H2,1-4H3/q+1. The van der Waals surface area contributed by atoms with Crippen LogP contribution in [0.25, 0.3) is 11.1 Å². The van der Waals surface area contributed by atoms with Crippen LogP contribution < -0.4 is 5.30 Å². The van der Waals surface area contributed by atoms with Crippen LogP contribution in [0.2, 0.25) is 0 Å². The first-order valence-electron chi connectivity index (χ1n) is 13.7. The smallest absolute Gasteiger partial charge is 0.0587 e. The molecule has 0 saturated heterocycles. The summed E-state index contributed by atoms with van der Waals surface area (Å²) in [5.74, 6) is 1.14. The van der Waals surface area contributed by atoms with Crippen molar-refractivity contribution in [2.24, 2.45) is 0 Å². The van der Waals surface area contributed by atoms with Crippen LogP contribution in [0.1, 0.15) is 132 Å². The van der Waals surface area contributed by atoms with E-state index in [9.17, 15) is 0 Å². The van der Waals surface area contributed by atoms with E-state index in [1.165, 1.54) is 64.2 Å². The van der Waals surface area contributed by atoms with Crippen molar-refractivity contribution in [2.45, 2.75) is 121 Å². The second-order valence-corrected chi connectivity index (χ2v) is 16.2. The molecule has 32 heavy (non-hydrogen) atoms. The topological polar surface area (TPSA) is 0 Å². The fourth-order valence-corrected chi connectivity index (χ4v) is 15.4. The molecule has 0 N–H and O–H groups in total. The van der Waals surface area contributed by atoms with Crippen LogP contribution in [0.4, 0.5) is 0 Å². The molecule has 1 heteroatoms. The Morgan fingerprint density at radius 2 is 1.34 bits per heavy atom. The molecule has 0 aromatic heterocycles. The highest BCUT2D eigenvalue weighted by atomic mass is 31.2. The van der Waals surface area contributed by atoms with Gasteiger partial charge in [-0.15, -0.1) is 0 Å². The van der Waals surface area contributed by atoms with Gasteiger partial charge in [0.05, 0.1) is 24.2 Å². The van der Waals surface area contributed by atoms with E-state index in [0.717, 1.165) is 17.0 Å². The summed E-state index contributed by atoms with van der Waals surface area (Å²) in [4.78, 5) is 0. The lowest BCUT2D eigenvalue weighted by atomic mass is 9.76. The molecule has 2 saturated carbocycles. The fourth-order valence-electron chi connectivity index (χ4n) is 8.35. The van der Waals surface area contributed by atoms with Crippen molar-refractivity contribution in [2.75, 3.05) is 0 Å². The van der Waals surface area contributed by atoms with Crippen molar-refractivity contribution < 1.29 is 0 Å². The minimum absolute atomic E-state index is 0.534. The van der Waals surface area contributed by atoms with Crippen molar-refractivity contribution in [3.63, 3.8) is 0 Å². The van der Waals surface area contributed by atoms with E-state index in [1.807, 2.05) is 5.30 Å². The van der Waals surface area contributed by atoms with Gasteiger partial charge in [0.25, 0.3) is 0 Å². The molecule has 2 unspecified atom stereocenters. The summed E-state index contributed by atoms with van der Waals surface area (Å²) in [5.41, 5.74) is 12.6. The first-order valence-corrected chi connectivity index (χ1v) is 15.7. The minimum Gasteiger partial charge on any atom is -0.0587 e. The summed E-state index contributed by atoms with van der Waals surface area (Å²) in [6, 6.07) is 13.1. The van der Waals surface area contributed by atoms with Gasteiger partial charge in [0.15, 0.2) is 0 Å². The van der Waals surface area contributed by atoms with Gasteiger partial charge in [0.1, 0.15) is 5.30 Å². The SMILES string of the molecule is CC(C)c1cc2c3c(c1)C(C)[P+](C1CCCCC1)(C1CCCCC1)c1ccc(cc1-3)C2C. The molecule has 6 rings (SSSR count). The van der Waals surface area contributed by atoms with E-state index in [4.69, 9.17) is 0 Å². The molecule has 0 amide bonds. The van der Waals surface area contributed by atoms with Gasteiger partial charge in [-0.3, -0.25) is 0 Å². The Kier molecular flexibility index (Phi) is 5.34. The summed E-state index contributed by atoms with van der Waals surface area (Å²) in [6.07, 6.45) is 14.8. The zero-order valence-electron chi connectivity index (χ0n) is 20.8. The second kappa shape index (κ2) is 7.98. The van der Waals surface area contributed by atoms with E-state index < -0.39 is 7.26 Å². The van der Waals surface area contributed by atoms with E-state index >= 15 is 0 Å². The third kappa shape index (κ3) is 2.90. The fraction of sp³-hybridized carbons (Fsp3) is 0.613. The molecule has 4 aliphatic rings. The number of rotatable bonds is 3. The number of benzene rings is 2. The molecule has 2 atom stereocenters. The zero-order valence-corrected chi connectivity index (χ0v) is 21.7. The molecule has 0 spiro atoms. The van der Waals surface area contributed by atoms with Crippen molar-refractivity contribution in [3.8, 4) is 11.1 Å². The molecule has 3 aliphatic carbocycles. The Morgan fingerprint density at radius 3 is 1.94 bits per heavy atom. The van der Waals surface area contributed by atoms with Crippen LogP contribution >= 0.6 is 7.26 Å². The second-order valence-electron chi connectivity index (χ2n) is 11.8.